The van der Waals surface area contributed by atoms with Crippen LogP contribution in [0.25, 0.3) is 0 Å². The van der Waals surface area contributed by atoms with Crippen molar-refractivity contribution < 1.29 is 4.74 Å². The summed E-state index contributed by atoms with van der Waals surface area (Å²) in [5, 5.41) is 12.2. The smallest absolute Gasteiger partial charge is 0.118 e. The Morgan fingerprint density at radius 3 is 2.61 bits per heavy atom. The Bertz CT molecular complexity index is 415. The van der Waals surface area contributed by atoms with Gasteiger partial charge in [-0.05, 0) is 43.4 Å². The molecule has 2 rings (SSSR count). The summed E-state index contributed by atoms with van der Waals surface area (Å²) >= 11 is 0. The van der Waals surface area contributed by atoms with Crippen molar-refractivity contribution in [3.05, 3.63) is 29.8 Å². The Balaban J connectivity index is 1.76. The van der Waals surface area contributed by atoms with Gasteiger partial charge in [0.2, 0.25) is 0 Å². The first kappa shape index (κ1) is 12.9. The highest BCUT2D eigenvalue weighted by atomic mass is 16.5. The third kappa shape index (κ3) is 3.02. The summed E-state index contributed by atoms with van der Waals surface area (Å²) in [5.74, 6) is 1.67. The minimum absolute atomic E-state index is 0.102. The number of hydrogen-bond donors (Lipinski definition) is 1. The molecule has 3 heteroatoms. The van der Waals surface area contributed by atoms with Crippen molar-refractivity contribution in [3.63, 3.8) is 0 Å². The van der Waals surface area contributed by atoms with Crippen molar-refractivity contribution in [1.29, 1.82) is 5.26 Å². The van der Waals surface area contributed by atoms with Crippen molar-refractivity contribution in [2.45, 2.75) is 31.7 Å². The number of nitriles is 1. The highest BCUT2D eigenvalue weighted by Crippen LogP contribution is 2.37. The Hall–Kier alpha value is -1.53. The van der Waals surface area contributed by atoms with Crippen LogP contribution in [0.5, 0.6) is 5.75 Å². The van der Waals surface area contributed by atoms with Gasteiger partial charge in [0.1, 0.15) is 5.75 Å². The number of nitrogens with one attached hydrogen (secondary N) is 1. The first-order valence-electron chi connectivity index (χ1n) is 6.50. The predicted octanol–water partition coefficient (Wildman–Crippen LogP) is 2.69. The molecule has 3 nitrogen and oxygen atoms in total. The summed E-state index contributed by atoms with van der Waals surface area (Å²) in [6.07, 6.45) is 2.34. The minimum Gasteiger partial charge on any atom is -0.497 e. The van der Waals surface area contributed by atoms with Crippen molar-refractivity contribution in [2.24, 2.45) is 5.92 Å². The van der Waals surface area contributed by atoms with E-state index in [2.05, 4.69) is 23.5 Å². The van der Waals surface area contributed by atoms with Crippen LogP contribution in [0.2, 0.25) is 0 Å². The molecule has 0 bridgehead atoms. The molecule has 1 saturated carbocycles. The Morgan fingerprint density at radius 1 is 1.39 bits per heavy atom. The molecule has 1 unspecified atom stereocenters. The molecule has 1 aromatic carbocycles. The van der Waals surface area contributed by atoms with Crippen molar-refractivity contribution in [3.8, 4) is 11.8 Å². The lowest BCUT2D eigenvalue weighted by Gasteiger charge is -2.36. The lowest BCUT2D eigenvalue weighted by molar-refractivity contribution is 0.285. The van der Waals surface area contributed by atoms with Gasteiger partial charge in [0, 0.05) is 12.6 Å². The number of ether oxygens (including phenoxy) is 1. The van der Waals surface area contributed by atoms with Crippen molar-refractivity contribution in [1.82, 2.24) is 5.32 Å². The zero-order chi connectivity index (χ0) is 13.0. The highest BCUT2D eigenvalue weighted by molar-refractivity contribution is 5.30. The lowest BCUT2D eigenvalue weighted by atomic mass is 9.76. The van der Waals surface area contributed by atoms with Crippen LogP contribution in [0.4, 0.5) is 0 Å². The summed E-state index contributed by atoms with van der Waals surface area (Å²) < 4.78 is 5.16. The summed E-state index contributed by atoms with van der Waals surface area (Å²) in [6.45, 7) is 2.75. The van der Waals surface area contributed by atoms with E-state index in [-0.39, 0.29) is 5.92 Å². The second-order valence-corrected chi connectivity index (χ2v) is 5.08. The zero-order valence-corrected chi connectivity index (χ0v) is 11.0. The molecule has 1 aliphatic carbocycles. The molecule has 1 atom stereocenters. The molecule has 1 aromatic rings. The minimum atomic E-state index is 0.102. The molecule has 18 heavy (non-hydrogen) atoms. The highest BCUT2D eigenvalue weighted by Gasteiger charge is 2.29. The molecule has 0 saturated heterocycles. The molecule has 1 N–H and O–H groups in total. The largest absolute Gasteiger partial charge is 0.497 e. The van der Waals surface area contributed by atoms with Gasteiger partial charge in [-0.25, -0.2) is 0 Å². The third-order valence-electron chi connectivity index (χ3n) is 3.66. The average molecular weight is 244 g/mol. The van der Waals surface area contributed by atoms with Gasteiger partial charge in [0.25, 0.3) is 0 Å². The third-order valence-corrected chi connectivity index (χ3v) is 3.66. The van der Waals surface area contributed by atoms with Gasteiger partial charge in [-0.15, -0.1) is 0 Å². The van der Waals surface area contributed by atoms with Gasteiger partial charge >= 0.3 is 0 Å². The van der Waals surface area contributed by atoms with Gasteiger partial charge in [-0.2, -0.15) is 5.26 Å². The second kappa shape index (κ2) is 5.88. The number of rotatable bonds is 5. The maximum atomic E-state index is 8.72. The van der Waals surface area contributed by atoms with Crippen molar-refractivity contribution >= 4 is 0 Å². The quantitative estimate of drug-likeness (QED) is 0.866. The Kier molecular flexibility index (Phi) is 4.22. The van der Waals surface area contributed by atoms with E-state index in [9.17, 15) is 0 Å². The van der Waals surface area contributed by atoms with E-state index in [0.717, 1.165) is 12.3 Å². The molecule has 0 spiro atoms. The van der Waals surface area contributed by atoms with Crippen molar-refractivity contribution in [2.75, 3.05) is 13.7 Å². The first-order chi connectivity index (χ1) is 8.72. The maximum Gasteiger partial charge on any atom is 0.118 e. The fourth-order valence-corrected chi connectivity index (χ4v) is 2.32. The van der Waals surface area contributed by atoms with E-state index in [1.807, 2.05) is 19.1 Å². The van der Waals surface area contributed by atoms with E-state index in [1.54, 1.807) is 7.11 Å². The Morgan fingerprint density at radius 2 is 2.06 bits per heavy atom. The first-order valence-corrected chi connectivity index (χ1v) is 6.50. The lowest BCUT2D eigenvalue weighted by Crippen LogP contribution is -2.41. The van der Waals surface area contributed by atoms with Gasteiger partial charge < -0.3 is 10.1 Å². The van der Waals surface area contributed by atoms with Crippen LogP contribution < -0.4 is 10.1 Å². The number of nitrogens with zero attached hydrogens (tertiary/aromatic N) is 1. The van der Waals surface area contributed by atoms with Gasteiger partial charge in [0.05, 0.1) is 19.1 Å². The maximum absolute atomic E-state index is 8.72. The van der Waals surface area contributed by atoms with Gasteiger partial charge in [-0.3, -0.25) is 0 Å². The van der Waals surface area contributed by atoms with E-state index in [0.29, 0.717) is 12.0 Å². The van der Waals surface area contributed by atoms with Crippen LogP contribution in [0.15, 0.2) is 24.3 Å². The molecule has 1 fully saturated rings. The van der Waals surface area contributed by atoms with Gasteiger partial charge in [-0.1, -0.05) is 12.1 Å². The van der Waals surface area contributed by atoms with Crippen LogP contribution in [0.3, 0.4) is 0 Å². The van der Waals surface area contributed by atoms with E-state index < -0.39 is 0 Å². The number of hydrogen-bond acceptors (Lipinski definition) is 3. The molecular formula is C15H20N2O. The normalized spacial score (nSPS) is 23.8. The monoisotopic (exact) mass is 244 g/mol. The molecule has 96 valence electrons. The fourth-order valence-electron chi connectivity index (χ4n) is 2.32. The standard InChI is InChI=1S/C15H20N2O/c1-11(9-16)10-17-14-7-13(8-14)12-3-5-15(18-2)6-4-12/h3-6,11,13-14,17H,7-8,10H2,1-2H3. The van der Waals surface area contributed by atoms with Crippen LogP contribution in [-0.2, 0) is 0 Å². The molecule has 0 heterocycles. The fraction of sp³-hybridized carbons (Fsp3) is 0.533. The van der Waals surface area contributed by atoms with Gasteiger partial charge in [0.15, 0.2) is 0 Å². The van der Waals surface area contributed by atoms with Crippen LogP contribution in [0.1, 0.15) is 31.2 Å². The molecule has 0 amide bonds. The summed E-state index contributed by atoms with van der Waals surface area (Å²) in [5.41, 5.74) is 1.39. The molecule has 0 aliphatic heterocycles. The Labute approximate surface area is 109 Å². The molecule has 0 aromatic heterocycles. The SMILES string of the molecule is COc1ccc(C2CC(NCC(C)C#N)C2)cc1. The number of benzene rings is 1. The molecular weight excluding hydrogens is 224 g/mol. The second-order valence-electron chi connectivity index (χ2n) is 5.08. The predicted molar refractivity (Wildman–Crippen MR) is 71.5 cm³/mol. The van der Waals surface area contributed by atoms with Crippen LogP contribution in [0, 0.1) is 17.2 Å². The van der Waals surface area contributed by atoms with Crippen LogP contribution in [-0.4, -0.2) is 19.7 Å². The summed E-state index contributed by atoms with van der Waals surface area (Å²) in [4.78, 5) is 0. The molecule has 1 aliphatic rings. The zero-order valence-electron chi connectivity index (χ0n) is 11.0. The van der Waals surface area contributed by atoms with E-state index >= 15 is 0 Å². The topological polar surface area (TPSA) is 45.0 Å². The van der Waals surface area contributed by atoms with Crippen LogP contribution >= 0.6 is 0 Å². The van der Waals surface area contributed by atoms with E-state index in [1.165, 1.54) is 18.4 Å². The summed E-state index contributed by atoms with van der Waals surface area (Å²) in [6, 6.07) is 11.2. The number of methoxy groups -OCH3 is 1. The average Bonchev–Trinajstić information content (AvgIpc) is 2.37. The summed E-state index contributed by atoms with van der Waals surface area (Å²) in [7, 11) is 1.69. The molecule has 0 radical (unpaired) electrons. The van der Waals surface area contributed by atoms with E-state index in [4.69, 9.17) is 10.00 Å².